The number of para-hydroxylation sites is 1. The maximum absolute atomic E-state index is 13.5. The van der Waals surface area contributed by atoms with E-state index in [1.54, 1.807) is 4.57 Å². The number of pyridine rings is 1. The van der Waals surface area contributed by atoms with Crippen molar-refractivity contribution in [3.63, 3.8) is 0 Å². The molecule has 0 fully saturated rings. The number of ether oxygens (including phenoxy) is 1. The van der Waals surface area contributed by atoms with Crippen LogP contribution in [0.2, 0.25) is 0 Å². The van der Waals surface area contributed by atoms with E-state index in [2.05, 4.69) is 20.4 Å². The molecule has 0 saturated heterocycles. The van der Waals surface area contributed by atoms with Crippen molar-refractivity contribution in [3.05, 3.63) is 70.2 Å². The van der Waals surface area contributed by atoms with Gasteiger partial charge in [0.2, 0.25) is 0 Å². The summed E-state index contributed by atoms with van der Waals surface area (Å²) < 4.78 is 7.72. The van der Waals surface area contributed by atoms with E-state index in [-0.39, 0.29) is 11.2 Å². The van der Waals surface area contributed by atoms with Gasteiger partial charge in [0.1, 0.15) is 0 Å². The van der Waals surface area contributed by atoms with Gasteiger partial charge in [-0.2, -0.15) is 0 Å². The molecule has 0 aliphatic carbocycles. The van der Waals surface area contributed by atoms with E-state index in [4.69, 9.17) is 14.7 Å². The minimum Gasteiger partial charge on any atom is -0.370 e. The van der Waals surface area contributed by atoms with Crippen molar-refractivity contribution in [3.8, 4) is 5.69 Å². The Kier molecular flexibility index (Phi) is 5.32. The van der Waals surface area contributed by atoms with Crippen molar-refractivity contribution in [1.82, 2.24) is 14.5 Å². The summed E-state index contributed by atoms with van der Waals surface area (Å²) in [6.07, 6.45) is 1.64. The van der Waals surface area contributed by atoms with Crippen LogP contribution in [0.3, 0.4) is 0 Å². The highest BCUT2D eigenvalue weighted by molar-refractivity contribution is 7.99. The summed E-state index contributed by atoms with van der Waals surface area (Å²) in [5, 5.41) is 1.16. The number of hydrogen-bond donors (Lipinski definition) is 0. The SMILES string of the molecule is C=C(C)CSc1nc2nc3c(cc2c(=O)n1-c1ccccc1)COC(C)(CC)C3. The van der Waals surface area contributed by atoms with Gasteiger partial charge in [-0.1, -0.05) is 49.0 Å². The molecule has 0 radical (unpaired) electrons. The highest BCUT2D eigenvalue weighted by Crippen LogP contribution is 2.31. The lowest BCUT2D eigenvalue weighted by atomic mass is 9.91. The molecule has 2 aromatic heterocycles. The van der Waals surface area contributed by atoms with Crippen LogP contribution in [0, 0.1) is 0 Å². The lowest BCUT2D eigenvalue weighted by molar-refractivity contribution is -0.0573. The predicted molar refractivity (Wildman–Crippen MR) is 118 cm³/mol. The maximum atomic E-state index is 13.5. The van der Waals surface area contributed by atoms with Crippen molar-refractivity contribution in [1.29, 1.82) is 0 Å². The zero-order valence-electron chi connectivity index (χ0n) is 17.1. The third-order valence-electron chi connectivity index (χ3n) is 5.32. The molecule has 3 aromatic rings. The molecule has 1 atom stereocenters. The molecular formula is C23H25N3O2S. The molecule has 0 amide bonds. The molecule has 3 heterocycles. The summed E-state index contributed by atoms with van der Waals surface area (Å²) in [4.78, 5) is 23.1. The van der Waals surface area contributed by atoms with Crippen LogP contribution in [0.1, 0.15) is 38.4 Å². The van der Waals surface area contributed by atoms with E-state index in [9.17, 15) is 4.79 Å². The zero-order chi connectivity index (χ0) is 20.6. The molecule has 4 rings (SSSR count). The number of fused-ring (bicyclic) bond motifs is 2. The van der Waals surface area contributed by atoms with Crippen LogP contribution in [0.15, 0.2) is 58.5 Å². The molecule has 150 valence electrons. The largest absolute Gasteiger partial charge is 0.370 e. The standard InChI is InChI=1S/C23H25N3O2S/c1-5-23(4)12-19-16(13-28-23)11-18-20(24-19)25-22(29-14-15(2)3)26(21(18)27)17-9-7-6-8-10-17/h6-11H,2,5,12-14H2,1,3-4H3. The average Bonchev–Trinajstić information content (AvgIpc) is 2.72. The quantitative estimate of drug-likeness (QED) is 0.349. The van der Waals surface area contributed by atoms with Gasteiger partial charge in [-0.3, -0.25) is 9.36 Å². The minimum atomic E-state index is -0.218. The Balaban J connectivity index is 1.91. The van der Waals surface area contributed by atoms with Gasteiger partial charge in [0.15, 0.2) is 10.8 Å². The number of rotatable bonds is 5. The van der Waals surface area contributed by atoms with E-state index < -0.39 is 0 Å². The van der Waals surface area contributed by atoms with Gasteiger partial charge < -0.3 is 4.74 Å². The van der Waals surface area contributed by atoms with Crippen LogP contribution in [-0.4, -0.2) is 25.9 Å². The molecule has 1 aliphatic heterocycles. The van der Waals surface area contributed by atoms with Crippen LogP contribution in [0.25, 0.3) is 16.7 Å². The Labute approximate surface area is 174 Å². The summed E-state index contributed by atoms with van der Waals surface area (Å²) >= 11 is 1.51. The first-order chi connectivity index (χ1) is 13.9. The second-order valence-corrected chi connectivity index (χ2v) is 8.79. The van der Waals surface area contributed by atoms with Crippen LogP contribution in [0.5, 0.6) is 0 Å². The summed E-state index contributed by atoms with van der Waals surface area (Å²) in [5.41, 5.74) is 3.96. The number of hydrogen-bond acceptors (Lipinski definition) is 5. The van der Waals surface area contributed by atoms with E-state index in [1.807, 2.05) is 43.3 Å². The highest BCUT2D eigenvalue weighted by atomic mass is 32.2. The number of benzene rings is 1. The third kappa shape index (κ3) is 3.87. The van der Waals surface area contributed by atoms with Gasteiger partial charge >= 0.3 is 0 Å². The van der Waals surface area contributed by atoms with E-state index in [0.717, 1.165) is 35.4 Å². The van der Waals surface area contributed by atoms with Crippen molar-refractivity contribution >= 4 is 22.8 Å². The number of aromatic nitrogens is 3. The Bertz CT molecular complexity index is 1140. The summed E-state index contributed by atoms with van der Waals surface area (Å²) in [5.74, 6) is 0.692. The predicted octanol–water partition coefficient (Wildman–Crippen LogP) is 4.69. The van der Waals surface area contributed by atoms with Gasteiger partial charge in [0, 0.05) is 17.7 Å². The van der Waals surface area contributed by atoms with Gasteiger partial charge in [0.25, 0.3) is 5.56 Å². The van der Waals surface area contributed by atoms with E-state index in [0.29, 0.717) is 28.5 Å². The molecule has 0 saturated carbocycles. The Hall–Kier alpha value is -2.44. The molecule has 1 aromatic carbocycles. The zero-order valence-corrected chi connectivity index (χ0v) is 17.9. The van der Waals surface area contributed by atoms with Gasteiger partial charge in [-0.15, -0.1) is 0 Å². The monoisotopic (exact) mass is 407 g/mol. The Morgan fingerprint density at radius 3 is 2.76 bits per heavy atom. The first kappa shape index (κ1) is 19.9. The Morgan fingerprint density at radius 1 is 1.31 bits per heavy atom. The maximum Gasteiger partial charge on any atom is 0.268 e. The van der Waals surface area contributed by atoms with Crippen LogP contribution in [0.4, 0.5) is 0 Å². The first-order valence-electron chi connectivity index (χ1n) is 9.82. The molecule has 1 aliphatic rings. The second kappa shape index (κ2) is 7.76. The van der Waals surface area contributed by atoms with Gasteiger partial charge in [-0.05, 0) is 38.5 Å². The molecule has 0 N–H and O–H groups in total. The lowest BCUT2D eigenvalue weighted by Crippen LogP contribution is -2.35. The molecule has 0 bridgehead atoms. The smallest absolute Gasteiger partial charge is 0.268 e. The lowest BCUT2D eigenvalue weighted by Gasteiger charge is -2.33. The van der Waals surface area contributed by atoms with Crippen molar-refractivity contribution in [2.45, 2.75) is 51.0 Å². The number of thioether (sulfide) groups is 1. The fourth-order valence-corrected chi connectivity index (χ4v) is 4.27. The topological polar surface area (TPSA) is 57.0 Å². The first-order valence-corrected chi connectivity index (χ1v) is 10.8. The summed E-state index contributed by atoms with van der Waals surface area (Å²) in [6, 6.07) is 11.5. The van der Waals surface area contributed by atoms with Crippen LogP contribution >= 0.6 is 11.8 Å². The third-order valence-corrected chi connectivity index (χ3v) is 6.49. The molecule has 0 spiro atoms. The van der Waals surface area contributed by atoms with Crippen molar-refractivity contribution < 1.29 is 4.74 Å². The Morgan fingerprint density at radius 2 is 2.07 bits per heavy atom. The number of nitrogens with zero attached hydrogens (tertiary/aromatic N) is 3. The van der Waals surface area contributed by atoms with Crippen LogP contribution in [-0.2, 0) is 17.8 Å². The van der Waals surface area contributed by atoms with Crippen molar-refractivity contribution in [2.75, 3.05) is 5.75 Å². The van der Waals surface area contributed by atoms with E-state index in [1.165, 1.54) is 11.8 Å². The van der Waals surface area contributed by atoms with Gasteiger partial charge in [-0.25, -0.2) is 9.97 Å². The average molecular weight is 408 g/mol. The minimum absolute atomic E-state index is 0.107. The summed E-state index contributed by atoms with van der Waals surface area (Å²) in [6.45, 7) is 10.6. The fourth-order valence-electron chi connectivity index (χ4n) is 3.42. The molecular weight excluding hydrogens is 382 g/mol. The fraction of sp³-hybridized carbons (Fsp3) is 0.348. The van der Waals surface area contributed by atoms with Gasteiger partial charge in [0.05, 0.1) is 29.0 Å². The molecule has 1 unspecified atom stereocenters. The van der Waals surface area contributed by atoms with E-state index >= 15 is 0 Å². The second-order valence-electron chi connectivity index (χ2n) is 7.85. The normalized spacial score (nSPS) is 18.6. The molecule has 6 heteroatoms. The highest BCUT2D eigenvalue weighted by Gasteiger charge is 2.31. The molecule has 5 nitrogen and oxygen atoms in total. The van der Waals surface area contributed by atoms with Crippen molar-refractivity contribution in [2.24, 2.45) is 0 Å². The van der Waals surface area contributed by atoms with Crippen LogP contribution < -0.4 is 5.56 Å². The summed E-state index contributed by atoms with van der Waals surface area (Å²) in [7, 11) is 0. The molecule has 29 heavy (non-hydrogen) atoms.